The number of hydrogen-bond acceptors (Lipinski definition) is 4. The van der Waals surface area contributed by atoms with Crippen molar-refractivity contribution in [2.24, 2.45) is 0 Å². The maximum Gasteiger partial charge on any atom is 0.357 e. The van der Waals surface area contributed by atoms with Gasteiger partial charge in [-0.2, -0.15) is 5.10 Å². The Morgan fingerprint density at radius 2 is 2.38 bits per heavy atom. The van der Waals surface area contributed by atoms with Crippen LogP contribution in [0, 0.1) is 0 Å². The second kappa shape index (κ2) is 4.57. The highest BCUT2D eigenvalue weighted by Crippen LogP contribution is 2.19. The standard InChI is InChI=1S/C11H11N3O2/c1-2-16-11(15)10-8(7-13-14-10)9-5-3-4-6-12-9/h3-7H,2H2,1H3,(H,13,14). The molecule has 0 amide bonds. The van der Waals surface area contributed by atoms with Crippen LogP contribution < -0.4 is 0 Å². The Bertz CT molecular complexity index is 479. The number of hydrogen-bond donors (Lipinski definition) is 1. The van der Waals surface area contributed by atoms with Gasteiger partial charge in [-0.05, 0) is 19.1 Å². The molecule has 0 aromatic carbocycles. The van der Waals surface area contributed by atoms with Gasteiger partial charge in [-0.1, -0.05) is 6.07 Å². The Kier molecular flexibility index (Phi) is 2.95. The molecule has 5 heteroatoms. The van der Waals surface area contributed by atoms with E-state index in [-0.39, 0.29) is 0 Å². The predicted octanol–water partition coefficient (Wildman–Crippen LogP) is 1.65. The second-order valence-corrected chi connectivity index (χ2v) is 3.09. The number of carbonyl (C=O) groups is 1. The van der Waals surface area contributed by atoms with Gasteiger partial charge in [0.05, 0.1) is 24.1 Å². The Morgan fingerprint density at radius 3 is 3.06 bits per heavy atom. The summed E-state index contributed by atoms with van der Waals surface area (Å²) >= 11 is 0. The van der Waals surface area contributed by atoms with Gasteiger partial charge in [-0.3, -0.25) is 10.1 Å². The van der Waals surface area contributed by atoms with Crippen molar-refractivity contribution < 1.29 is 9.53 Å². The van der Waals surface area contributed by atoms with Gasteiger partial charge in [0, 0.05) is 6.20 Å². The maximum atomic E-state index is 11.6. The third kappa shape index (κ3) is 1.93. The molecular weight excluding hydrogens is 206 g/mol. The highest BCUT2D eigenvalue weighted by molar-refractivity contribution is 5.94. The first-order valence-electron chi connectivity index (χ1n) is 4.94. The third-order valence-electron chi connectivity index (χ3n) is 2.06. The molecule has 2 aromatic heterocycles. The van der Waals surface area contributed by atoms with Gasteiger partial charge in [-0.25, -0.2) is 4.79 Å². The number of ether oxygens (including phenoxy) is 1. The van der Waals surface area contributed by atoms with Crippen molar-refractivity contribution in [2.45, 2.75) is 6.92 Å². The van der Waals surface area contributed by atoms with Gasteiger partial charge in [0.2, 0.25) is 0 Å². The molecule has 16 heavy (non-hydrogen) atoms. The molecule has 1 N–H and O–H groups in total. The number of aromatic amines is 1. The summed E-state index contributed by atoms with van der Waals surface area (Å²) in [4.78, 5) is 15.7. The van der Waals surface area contributed by atoms with E-state index >= 15 is 0 Å². The van der Waals surface area contributed by atoms with Crippen molar-refractivity contribution in [1.29, 1.82) is 0 Å². The van der Waals surface area contributed by atoms with Crippen LogP contribution in [-0.4, -0.2) is 27.8 Å². The van der Waals surface area contributed by atoms with Crippen molar-refractivity contribution in [2.75, 3.05) is 6.61 Å². The predicted molar refractivity (Wildman–Crippen MR) is 57.8 cm³/mol. The summed E-state index contributed by atoms with van der Waals surface area (Å²) in [5, 5.41) is 6.46. The van der Waals surface area contributed by atoms with Crippen LogP contribution >= 0.6 is 0 Å². The normalized spacial score (nSPS) is 10.1. The van der Waals surface area contributed by atoms with E-state index in [0.29, 0.717) is 23.6 Å². The first kappa shape index (κ1) is 10.4. The number of H-pyrrole nitrogens is 1. The van der Waals surface area contributed by atoms with Crippen molar-refractivity contribution in [3.63, 3.8) is 0 Å². The van der Waals surface area contributed by atoms with E-state index in [4.69, 9.17) is 4.74 Å². The zero-order chi connectivity index (χ0) is 11.4. The highest BCUT2D eigenvalue weighted by Gasteiger charge is 2.16. The molecule has 0 radical (unpaired) electrons. The number of esters is 1. The van der Waals surface area contributed by atoms with Gasteiger partial charge in [0.15, 0.2) is 5.69 Å². The Balaban J connectivity index is 2.37. The molecule has 0 aliphatic heterocycles. The van der Waals surface area contributed by atoms with Gasteiger partial charge in [0.25, 0.3) is 0 Å². The summed E-state index contributed by atoms with van der Waals surface area (Å²) in [6.07, 6.45) is 3.23. The molecule has 0 atom stereocenters. The highest BCUT2D eigenvalue weighted by atomic mass is 16.5. The average molecular weight is 217 g/mol. The van der Waals surface area contributed by atoms with E-state index in [1.807, 2.05) is 18.2 Å². The third-order valence-corrected chi connectivity index (χ3v) is 2.06. The molecule has 2 aromatic rings. The van der Waals surface area contributed by atoms with Crippen molar-refractivity contribution in [1.82, 2.24) is 15.2 Å². The van der Waals surface area contributed by atoms with Crippen LogP contribution in [0.25, 0.3) is 11.3 Å². The second-order valence-electron chi connectivity index (χ2n) is 3.09. The molecule has 0 aliphatic carbocycles. The van der Waals surface area contributed by atoms with Crippen molar-refractivity contribution in [3.05, 3.63) is 36.3 Å². The molecule has 0 aliphatic rings. The lowest BCUT2D eigenvalue weighted by Gasteiger charge is -2.01. The number of nitrogens with zero attached hydrogens (tertiary/aromatic N) is 2. The fraction of sp³-hybridized carbons (Fsp3) is 0.182. The van der Waals surface area contributed by atoms with Crippen LogP contribution in [-0.2, 0) is 4.74 Å². The zero-order valence-electron chi connectivity index (χ0n) is 8.80. The van der Waals surface area contributed by atoms with Crippen molar-refractivity contribution in [3.8, 4) is 11.3 Å². The molecule has 5 nitrogen and oxygen atoms in total. The van der Waals surface area contributed by atoms with Gasteiger partial charge in [0.1, 0.15) is 0 Å². The summed E-state index contributed by atoms with van der Waals surface area (Å²) in [7, 11) is 0. The molecule has 0 fully saturated rings. The number of aromatic nitrogens is 3. The molecule has 0 bridgehead atoms. The fourth-order valence-electron chi connectivity index (χ4n) is 1.36. The smallest absolute Gasteiger partial charge is 0.357 e. The van der Waals surface area contributed by atoms with Crippen LogP contribution in [0.2, 0.25) is 0 Å². The first-order valence-corrected chi connectivity index (χ1v) is 4.94. The molecule has 2 heterocycles. The van der Waals surface area contributed by atoms with E-state index in [1.54, 1.807) is 19.3 Å². The average Bonchev–Trinajstić information content (AvgIpc) is 2.79. The Morgan fingerprint density at radius 1 is 1.50 bits per heavy atom. The molecule has 0 spiro atoms. The largest absolute Gasteiger partial charge is 0.461 e. The summed E-state index contributed by atoms with van der Waals surface area (Å²) in [6, 6.07) is 5.48. The Hall–Kier alpha value is -2.17. The summed E-state index contributed by atoms with van der Waals surface area (Å²) < 4.78 is 4.91. The zero-order valence-corrected chi connectivity index (χ0v) is 8.80. The summed E-state index contributed by atoms with van der Waals surface area (Å²) in [5.74, 6) is -0.416. The minimum atomic E-state index is -0.416. The van der Waals surface area contributed by atoms with E-state index in [0.717, 1.165) is 0 Å². The van der Waals surface area contributed by atoms with E-state index < -0.39 is 5.97 Å². The number of pyridine rings is 1. The fourth-order valence-corrected chi connectivity index (χ4v) is 1.36. The van der Waals surface area contributed by atoms with Crippen LogP contribution in [0.5, 0.6) is 0 Å². The molecule has 2 rings (SSSR count). The SMILES string of the molecule is CCOC(=O)c1[nH]ncc1-c1ccccn1. The van der Waals surface area contributed by atoms with E-state index in [2.05, 4.69) is 15.2 Å². The topological polar surface area (TPSA) is 67.9 Å². The summed E-state index contributed by atoms with van der Waals surface area (Å²) in [5.41, 5.74) is 1.68. The molecule has 0 unspecified atom stereocenters. The molecular formula is C11H11N3O2. The minimum Gasteiger partial charge on any atom is -0.461 e. The number of nitrogens with one attached hydrogen (secondary N) is 1. The number of rotatable bonds is 3. The van der Waals surface area contributed by atoms with Crippen LogP contribution in [0.3, 0.4) is 0 Å². The summed E-state index contributed by atoms with van der Waals surface area (Å²) in [6.45, 7) is 2.09. The van der Waals surface area contributed by atoms with Crippen molar-refractivity contribution >= 4 is 5.97 Å². The maximum absolute atomic E-state index is 11.6. The lowest BCUT2D eigenvalue weighted by Crippen LogP contribution is -2.06. The van der Waals surface area contributed by atoms with Gasteiger partial charge < -0.3 is 4.74 Å². The van der Waals surface area contributed by atoms with Crippen LogP contribution in [0.15, 0.2) is 30.6 Å². The monoisotopic (exact) mass is 217 g/mol. The molecule has 82 valence electrons. The van der Waals surface area contributed by atoms with Gasteiger partial charge >= 0.3 is 5.97 Å². The lowest BCUT2D eigenvalue weighted by molar-refractivity contribution is 0.0520. The van der Waals surface area contributed by atoms with Gasteiger partial charge in [-0.15, -0.1) is 0 Å². The lowest BCUT2D eigenvalue weighted by atomic mass is 10.1. The number of carbonyl (C=O) groups excluding carboxylic acids is 1. The first-order chi connectivity index (χ1) is 7.83. The molecule has 0 saturated carbocycles. The van der Waals surface area contributed by atoms with E-state index in [1.165, 1.54) is 0 Å². The van der Waals surface area contributed by atoms with Crippen LogP contribution in [0.4, 0.5) is 0 Å². The molecule has 0 saturated heterocycles. The quantitative estimate of drug-likeness (QED) is 0.794. The van der Waals surface area contributed by atoms with Crippen LogP contribution in [0.1, 0.15) is 17.4 Å². The Labute approximate surface area is 92.5 Å². The minimum absolute atomic E-state index is 0.333. The van der Waals surface area contributed by atoms with E-state index in [9.17, 15) is 4.79 Å².